The molecule has 0 aliphatic heterocycles. The van der Waals surface area contributed by atoms with E-state index in [1.54, 1.807) is 0 Å². The fraction of sp³-hybridized carbons (Fsp3) is 0.667. The van der Waals surface area contributed by atoms with Gasteiger partial charge in [-0.1, -0.05) is 20.8 Å². The summed E-state index contributed by atoms with van der Waals surface area (Å²) in [4.78, 5) is 0. The average Bonchev–Trinajstić information content (AvgIpc) is 2.28. The van der Waals surface area contributed by atoms with Crippen LogP contribution in [0.4, 0.5) is 0 Å². The van der Waals surface area contributed by atoms with Crippen molar-refractivity contribution in [3.05, 3.63) is 24.0 Å². The predicted octanol–water partition coefficient (Wildman–Crippen LogP) is 3.34. The zero-order chi connectivity index (χ0) is 10.3. The molecule has 0 saturated heterocycles. The van der Waals surface area contributed by atoms with Crippen LogP contribution in [0.5, 0.6) is 0 Å². The second-order valence-electron chi connectivity index (χ2n) is 5.63. The summed E-state index contributed by atoms with van der Waals surface area (Å²) < 4.78 is 2.15. The Morgan fingerprint density at radius 2 is 1.62 bits per heavy atom. The van der Waals surface area contributed by atoms with Crippen molar-refractivity contribution >= 4 is 0 Å². The van der Waals surface area contributed by atoms with Gasteiger partial charge in [0.1, 0.15) is 0 Å². The summed E-state index contributed by atoms with van der Waals surface area (Å²) in [6.45, 7) is 13.2. The van der Waals surface area contributed by atoms with Crippen molar-refractivity contribution < 1.29 is 0 Å². The lowest BCUT2D eigenvalue weighted by atomic mass is 9.89. The lowest BCUT2D eigenvalue weighted by Gasteiger charge is -2.21. The van der Waals surface area contributed by atoms with Gasteiger partial charge in [0.05, 0.1) is 6.20 Å². The second kappa shape index (κ2) is 2.90. The minimum atomic E-state index is 0.142. The average molecular weight is 178 g/mol. The number of hydrogen-bond acceptors (Lipinski definition) is 0. The van der Waals surface area contributed by atoms with E-state index in [9.17, 15) is 0 Å². The van der Waals surface area contributed by atoms with Crippen LogP contribution in [0.15, 0.2) is 12.3 Å². The zero-order valence-electron chi connectivity index (χ0n) is 9.60. The summed E-state index contributed by atoms with van der Waals surface area (Å²) in [7, 11) is 0. The highest BCUT2D eigenvalue weighted by atomic mass is 15.0. The van der Waals surface area contributed by atoms with Gasteiger partial charge in [0, 0.05) is 11.7 Å². The van der Waals surface area contributed by atoms with E-state index >= 15 is 0 Å². The summed E-state index contributed by atoms with van der Waals surface area (Å²) >= 11 is 0. The van der Waals surface area contributed by atoms with Crippen LogP contribution in [-0.2, 0) is 11.0 Å². The molecule has 0 unspecified atom stereocenters. The molecule has 1 radical (unpaired) electrons. The van der Waals surface area contributed by atoms with E-state index in [1.165, 1.54) is 5.56 Å². The highest BCUT2D eigenvalue weighted by molar-refractivity contribution is 5.19. The summed E-state index contributed by atoms with van der Waals surface area (Å²) in [5.41, 5.74) is 1.63. The third kappa shape index (κ3) is 2.36. The molecule has 1 aromatic rings. The lowest BCUT2D eigenvalue weighted by molar-refractivity contribution is 0.394. The molecule has 1 heterocycles. The molecule has 0 aromatic carbocycles. The van der Waals surface area contributed by atoms with Crippen LogP contribution in [0.3, 0.4) is 0 Å². The van der Waals surface area contributed by atoms with Crippen molar-refractivity contribution in [2.24, 2.45) is 0 Å². The molecule has 1 heteroatoms. The monoisotopic (exact) mass is 178 g/mol. The van der Waals surface area contributed by atoms with Crippen LogP contribution >= 0.6 is 0 Å². The standard InChI is InChI=1S/C12H20N/c1-11(2,3)10-7-8-13(9-10)12(4,5)6/h7-8H,1-6H3. The predicted molar refractivity (Wildman–Crippen MR) is 57.0 cm³/mol. The van der Waals surface area contributed by atoms with E-state index in [1.807, 2.05) is 0 Å². The Balaban J connectivity index is 3.01. The Kier molecular flexibility index (Phi) is 2.31. The first kappa shape index (κ1) is 10.4. The Labute approximate surface area is 81.8 Å². The van der Waals surface area contributed by atoms with Crippen molar-refractivity contribution in [1.82, 2.24) is 4.57 Å². The van der Waals surface area contributed by atoms with Gasteiger partial charge >= 0.3 is 0 Å². The molecule has 1 nitrogen and oxygen atoms in total. The zero-order valence-corrected chi connectivity index (χ0v) is 9.60. The second-order valence-corrected chi connectivity index (χ2v) is 5.63. The van der Waals surface area contributed by atoms with Gasteiger partial charge in [-0.15, -0.1) is 0 Å². The Bertz CT molecular complexity index is 252. The van der Waals surface area contributed by atoms with Crippen LogP contribution in [0, 0.1) is 6.20 Å². The van der Waals surface area contributed by atoms with Gasteiger partial charge < -0.3 is 4.57 Å². The van der Waals surface area contributed by atoms with Gasteiger partial charge in [-0.05, 0) is 37.8 Å². The van der Waals surface area contributed by atoms with E-state index in [4.69, 9.17) is 0 Å². The third-order valence-electron chi connectivity index (χ3n) is 2.16. The molecule has 13 heavy (non-hydrogen) atoms. The van der Waals surface area contributed by atoms with Gasteiger partial charge in [-0.2, -0.15) is 0 Å². The summed E-state index contributed by atoms with van der Waals surface area (Å²) in [5, 5.41) is 0. The van der Waals surface area contributed by atoms with Crippen LogP contribution in [0.25, 0.3) is 0 Å². The molecule has 0 bridgehead atoms. The third-order valence-corrected chi connectivity index (χ3v) is 2.16. The maximum absolute atomic E-state index is 3.41. The molecule has 1 aromatic heterocycles. The van der Waals surface area contributed by atoms with E-state index < -0.39 is 0 Å². The summed E-state index contributed by atoms with van der Waals surface area (Å²) in [6.07, 6.45) is 5.52. The Morgan fingerprint density at radius 1 is 1.08 bits per heavy atom. The van der Waals surface area contributed by atoms with Crippen LogP contribution in [0.2, 0.25) is 0 Å². The number of nitrogens with zero attached hydrogens (tertiary/aromatic N) is 1. The SMILES string of the molecule is CC(C)(C)c1[c]n(C(C)(C)C)cc1. The quantitative estimate of drug-likeness (QED) is 0.574. The maximum Gasteiger partial charge on any atom is 0.0694 e. The summed E-state index contributed by atoms with van der Waals surface area (Å²) in [6, 6.07) is 2.16. The first-order valence-corrected chi connectivity index (χ1v) is 4.83. The molecule has 0 aliphatic rings. The fourth-order valence-electron chi connectivity index (χ4n) is 1.16. The molecule has 0 fully saturated rings. The topological polar surface area (TPSA) is 4.93 Å². The van der Waals surface area contributed by atoms with Gasteiger partial charge in [-0.3, -0.25) is 0 Å². The number of hydrogen-bond donors (Lipinski definition) is 0. The Morgan fingerprint density at radius 3 is 1.85 bits per heavy atom. The van der Waals surface area contributed by atoms with Crippen LogP contribution in [0.1, 0.15) is 47.1 Å². The fourth-order valence-corrected chi connectivity index (χ4v) is 1.16. The van der Waals surface area contributed by atoms with Crippen LogP contribution in [-0.4, -0.2) is 4.57 Å². The minimum absolute atomic E-state index is 0.142. The maximum atomic E-state index is 3.41. The van der Waals surface area contributed by atoms with Gasteiger partial charge in [0.25, 0.3) is 0 Å². The molecule has 0 saturated carbocycles. The molecular formula is C12H20N. The van der Waals surface area contributed by atoms with Gasteiger partial charge in [0.15, 0.2) is 0 Å². The summed E-state index contributed by atoms with van der Waals surface area (Å²) in [5.74, 6) is 0. The van der Waals surface area contributed by atoms with E-state index in [2.05, 4.69) is 64.6 Å². The van der Waals surface area contributed by atoms with E-state index in [0.717, 1.165) is 0 Å². The van der Waals surface area contributed by atoms with E-state index in [-0.39, 0.29) is 11.0 Å². The molecule has 0 atom stereocenters. The minimum Gasteiger partial charge on any atom is -0.341 e. The first-order chi connectivity index (χ1) is 5.71. The Hall–Kier alpha value is -0.720. The highest BCUT2D eigenvalue weighted by Gasteiger charge is 2.19. The van der Waals surface area contributed by atoms with Crippen molar-refractivity contribution in [1.29, 1.82) is 0 Å². The molecule has 0 spiro atoms. The van der Waals surface area contributed by atoms with Crippen molar-refractivity contribution in [2.75, 3.05) is 0 Å². The molecule has 0 amide bonds. The molecule has 0 aliphatic carbocycles. The smallest absolute Gasteiger partial charge is 0.0694 e. The molecular weight excluding hydrogens is 158 g/mol. The van der Waals surface area contributed by atoms with Crippen molar-refractivity contribution in [3.63, 3.8) is 0 Å². The molecule has 0 N–H and O–H groups in total. The highest BCUT2D eigenvalue weighted by Crippen LogP contribution is 2.24. The first-order valence-electron chi connectivity index (χ1n) is 4.83. The van der Waals surface area contributed by atoms with E-state index in [0.29, 0.717) is 0 Å². The molecule has 1 rings (SSSR count). The van der Waals surface area contributed by atoms with Gasteiger partial charge in [-0.25, -0.2) is 0 Å². The number of aromatic nitrogens is 1. The van der Waals surface area contributed by atoms with Gasteiger partial charge in [0.2, 0.25) is 0 Å². The largest absolute Gasteiger partial charge is 0.341 e. The van der Waals surface area contributed by atoms with Crippen LogP contribution < -0.4 is 0 Å². The van der Waals surface area contributed by atoms with Crippen molar-refractivity contribution in [3.8, 4) is 0 Å². The normalized spacial score (nSPS) is 13.4. The molecule has 73 valence electrons. The van der Waals surface area contributed by atoms with Crippen molar-refractivity contribution in [2.45, 2.75) is 52.5 Å². The lowest BCUT2D eigenvalue weighted by Crippen LogP contribution is -2.20. The number of rotatable bonds is 0.